The number of anilines is 2. The highest BCUT2D eigenvalue weighted by Crippen LogP contribution is 2.20. The van der Waals surface area contributed by atoms with Crippen LogP contribution in [0.4, 0.5) is 11.4 Å². The number of amides is 1. The highest BCUT2D eigenvalue weighted by Gasteiger charge is 2.16. The topological polar surface area (TPSA) is 45.2 Å². The minimum absolute atomic E-state index is 0.00412. The fourth-order valence-electron chi connectivity index (χ4n) is 2.20. The van der Waals surface area contributed by atoms with Crippen molar-refractivity contribution in [3.8, 4) is 0 Å². The molecule has 4 heteroatoms. The summed E-state index contributed by atoms with van der Waals surface area (Å²) >= 11 is 0. The van der Waals surface area contributed by atoms with Crippen LogP contribution < -0.4 is 10.2 Å². The second kappa shape index (κ2) is 6.19. The van der Waals surface area contributed by atoms with Crippen molar-refractivity contribution in [2.75, 3.05) is 23.8 Å². The van der Waals surface area contributed by atoms with Crippen molar-refractivity contribution in [2.45, 2.75) is 13.8 Å². The molecule has 2 aromatic rings. The Hall–Kier alpha value is -2.36. The van der Waals surface area contributed by atoms with Crippen LogP contribution in [0.5, 0.6) is 0 Å². The summed E-state index contributed by atoms with van der Waals surface area (Å²) in [7, 11) is 1.87. The first-order valence-corrected chi connectivity index (χ1v) is 6.67. The number of aryl methyl sites for hydroxylation is 1. The average molecular weight is 269 g/mol. The Bertz CT molecular complexity index is 596. The van der Waals surface area contributed by atoms with Gasteiger partial charge in [0.2, 0.25) is 0 Å². The molecule has 0 bridgehead atoms. The van der Waals surface area contributed by atoms with Gasteiger partial charge in [-0.3, -0.25) is 9.78 Å². The quantitative estimate of drug-likeness (QED) is 0.927. The number of pyridine rings is 1. The van der Waals surface area contributed by atoms with Gasteiger partial charge in [0.05, 0.1) is 0 Å². The van der Waals surface area contributed by atoms with Crippen molar-refractivity contribution < 1.29 is 4.79 Å². The third-order valence-electron chi connectivity index (χ3n) is 3.28. The van der Waals surface area contributed by atoms with E-state index in [1.165, 1.54) is 0 Å². The fourth-order valence-corrected chi connectivity index (χ4v) is 2.20. The van der Waals surface area contributed by atoms with Crippen molar-refractivity contribution >= 4 is 17.3 Å². The lowest BCUT2D eigenvalue weighted by atomic mass is 10.1. The maximum Gasteiger partial charge on any atom is 0.258 e. The van der Waals surface area contributed by atoms with Crippen LogP contribution in [0.3, 0.4) is 0 Å². The van der Waals surface area contributed by atoms with Gasteiger partial charge >= 0.3 is 0 Å². The lowest BCUT2D eigenvalue weighted by molar-refractivity contribution is 0.0988. The number of carbonyl (C=O) groups is 1. The molecule has 0 atom stereocenters. The maximum absolute atomic E-state index is 12.6. The largest absolute Gasteiger partial charge is 0.388 e. The Morgan fingerprint density at radius 1 is 1.25 bits per heavy atom. The van der Waals surface area contributed by atoms with E-state index in [1.807, 2.05) is 51.2 Å². The van der Waals surface area contributed by atoms with E-state index < -0.39 is 0 Å². The van der Waals surface area contributed by atoms with Crippen molar-refractivity contribution in [1.82, 2.24) is 4.98 Å². The van der Waals surface area contributed by atoms with Gasteiger partial charge in [-0.05, 0) is 49.7 Å². The summed E-state index contributed by atoms with van der Waals surface area (Å²) in [4.78, 5) is 18.3. The van der Waals surface area contributed by atoms with Crippen LogP contribution in [0, 0.1) is 6.92 Å². The molecule has 0 aliphatic heterocycles. The Labute approximate surface area is 119 Å². The molecule has 0 unspecified atom stereocenters. The van der Waals surface area contributed by atoms with Gasteiger partial charge in [0, 0.05) is 42.9 Å². The maximum atomic E-state index is 12.6. The van der Waals surface area contributed by atoms with E-state index in [0.717, 1.165) is 16.9 Å². The number of benzene rings is 1. The normalized spacial score (nSPS) is 10.2. The summed E-state index contributed by atoms with van der Waals surface area (Å²) in [6.45, 7) is 4.58. The second-order valence-corrected chi connectivity index (χ2v) is 4.53. The summed E-state index contributed by atoms with van der Waals surface area (Å²) in [5.41, 5.74) is 3.65. The van der Waals surface area contributed by atoms with Crippen molar-refractivity contribution in [3.63, 3.8) is 0 Å². The van der Waals surface area contributed by atoms with Crippen LogP contribution in [0.15, 0.2) is 42.7 Å². The summed E-state index contributed by atoms with van der Waals surface area (Å²) in [5.74, 6) is 0.00412. The molecule has 0 spiro atoms. The summed E-state index contributed by atoms with van der Waals surface area (Å²) < 4.78 is 0. The third-order valence-corrected chi connectivity index (χ3v) is 3.28. The van der Waals surface area contributed by atoms with Crippen LogP contribution >= 0.6 is 0 Å². The van der Waals surface area contributed by atoms with E-state index in [9.17, 15) is 4.79 Å². The van der Waals surface area contributed by atoms with Gasteiger partial charge in [-0.25, -0.2) is 0 Å². The number of carbonyl (C=O) groups excluding carboxylic acids is 1. The van der Waals surface area contributed by atoms with Crippen molar-refractivity contribution in [2.24, 2.45) is 0 Å². The molecule has 0 fully saturated rings. The highest BCUT2D eigenvalue weighted by molar-refractivity contribution is 6.06. The standard InChI is InChI=1S/C16H19N3O/c1-4-19(14-7-9-18-10-8-14)16(20)13-5-6-15(17-3)12(2)11-13/h5-11,17H,4H2,1-3H3. The number of nitrogens with one attached hydrogen (secondary N) is 1. The number of hydrogen-bond acceptors (Lipinski definition) is 3. The zero-order valence-corrected chi connectivity index (χ0v) is 12.1. The zero-order valence-electron chi connectivity index (χ0n) is 12.1. The molecule has 4 nitrogen and oxygen atoms in total. The van der Waals surface area contributed by atoms with E-state index in [-0.39, 0.29) is 5.91 Å². The molecule has 2 rings (SSSR count). The third kappa shape index (κ3) is 2.79. The summed E-state index contributed by atoms with van der Waals surface area (Å²) in [5, 5.41) is 3.10. The number of hydrogen-bond donors (Lipinski definition) is 1. The van der Waals surface area contributed by atoms with Gasteiger partial charge < -0.3 is 10.2 Å². The first-order valence-electron chi connectivity index (χ1n) is 6.67. The summed E-state index contributed by atoms with van der Waals surface area (Å²) in [6, 6.07) is 9.39. The van der Waals surface area contributed by atoms with Gasteiger partial charge in [-0.1, -0.05) is 0 Å². The van der Waals surface area contributed by atoms with Gasteiger partial charge in [-0.2, -0.15) is 0 Å². The smallest absolute Gasteiger partial charge is 0.258 e. The Morgan fingerprint density at radius 3 is 2.50 bits per heavy atom. The molecule has 1 amide bonds. The van der Waals surface area contributed by atoms with Crippen LogP contribution in [-0.2, 0) is 0 Å². The van der Waals surface area contributed by atoms with E-state index >= 15 is 0 Å². The predicted octanol–water partition coefficient (Wildman–Crippen LogP) is 3.10. The monoisotopic (exact) mass is 269 g/mol. The lowest BCUT2D eigenvalue weighted by Crippen LogP contribution is -2.30. The molecule has 0 aliphatic carbocycles. The minimum atomic E-state index is 0.00412. The van der Waals surface area contributed by atoms with Gasteiger partial charge in [-0.15, -0.1) is 0 Å². The molecule has 0 radical (unpaired) electrons. The van der Waals surface area contributed by atoms with Crippen LogP contribution in [0.2, 0.25) is 0 Å². The predicted molar refractivity (Wildman–Crippen MR) is 82.3 cm³/mol. The molecule has 0 saturated carbocycles. The average Bonchev–Trinajstić information content (AvgIpc) is 2.49. The van der Waals surface area contributed by atoms with Crippen LogP contribution in [0.25, 0.3) is 0 Å². The van der Waals surface area contributed by atoms with E-state index in [0.29, 0.717) is 12.1 Å². The van der Waals surface area contributed by atoms with Gasteiger partial charge in [0.25, 0.3) is 5.91 Å². The van der Waals surface area contributed by atoms with E-state index in [1.54, 1.807) is 17.3 Å². The minimum Gasteiger partial charge on any atom is -0.388 e. The van der Waals surface area contributed by atoms with Crippen LogP contribution in [0.1, 0.15) is 22.8 Å². The number of nitrogens with zero attached hydrogens (tertiary/aromatic N) is 2. The molecule has 1 heterocycles. The Morgan fingerprint density at radius 2 is 1.95 bits per heavy atom. The van der Waals surface area contributed by atoms with E-state index in [4.69, 9.17) is 0 Å². The van der Waals surface area contributed by atoms with Crippen LogP contribution in [-0.4, -0.2) is 24.5 Å². The molecule has 104 valence electrons. The van der Waals surface area contributed by atoms with Crippen molar-refractivity contribution in [1.29, 1.82) is 0 Å². The lowest BCUT2D eigenvalue weighted by Gasteiger charge is -2.21. The van der Waals surface area contributed by atoms with Gasteiger partial charge in [0.15, 0.2) is 0 Å². The SMILES string of the molecule is CCN(C(=O)c1ccc(NC)c(C)c1)c1ccncc1. The molecule has 0 saturated heterocycles. The molecule has 1 aromatic heterocycles. The molecule has 20 heavy (non-hydrogen) atoms. The summed E-state index contributed by atoms with van der Waals surface area (Å²) in [6.07, 6.45) is 3.39. The highest BCUT2D eigenvalue weighted by atomic mass is 16.2. The van der Waals surface area contributed by atoms with Crippen molar-refractivity contribution in [3.05, 3.63) is 53.9 Å². The van der Waals surface area contributed by atoms with Gasteiger partial charge in [0.1, 0.15) is 0 Å². The number of aromatic nitrogens is 1. The first kappa shape index (κ1) is 14.1. The molecule has 0 aliphatic rings. The first-order chi connectivity index (χ1) is 9.67. The second-order valence-electron chi connectivity index (χ2n) is 4.53. The Kier molecular flexibility index (Phi) is 4.35. The zero-order chi connectivity index (χ0) is 14.5. The molecule has 1 N–H and O–H groups in total. The fraction of sp³-hybridized carbons (Fsp3) is 0.250. The number of rotatable bonds is 4. The Balaban J connectivity index is 2.32. The molecular weight excluding hydrogens is 250 g/mol. The molecular formula is C16H19N3O. The molecule has 1 aromatic carbocycles. The van der Waals surface area contributed by atoms with E-state index in [2.05, 4.69) is 10.3 Å².